The normalized spacial score (nSPS) is 20.1. The van der Waals surface area contributed by atoms with Crippen molar-refractivity contribution in [2.75, 3.05) is 19.8 Å². The van der Waals surface area contributed by atoms with Crippen LogP contribution in [0.15, 0.2) is 37.0 Å². The fourth-order valence-corrected chi connectivity index (χ4v) is 2.56. The summed E-state index contributed by atoms with van der Waals surface area (Å²) in [5.41, 5.74) is 8.09. The van der Waals surface area contributed by atoms with E-state index in [1.807, 2.05) is 30.5 Å². The molecule has 3 atom stereocenters. The van der Waals surface area contributed by atoms with Crippen molar-refractivity contribution in [2.45, 2.75) is 25.1 Å². The zero-order valence-corrected chi connectivity index (χ0v) is 11.8. The Bertz CT molecular complexity index is 440. The van der Waals surface area contributed by atoms with E-state index >= 15 is 0 Å². The van der Waals surface area contributed by atoms with Crippen molar-refractivity contribution >= 4 is 0 Å². The summed E-state index contributed by atoms with van der Waals surface area (Å²) < 4.78 is 25.7. The van der Waals surface area contributed by atoms with E-state index in [0.29, 0.717) is 5.92 Å². The van der Waals surface area contributed by atoms with Gasteiger partial charge >= 0.3 is 0 Å². The third kappa shape index (κ3) is 3.01. The fraction of sp³-hybridized carbons (Fsp3) is 0.500. The predicted molar refractivity (Wildman–Crippen MR) is 77.9 cm³/mol. The first-order valence-electron chi connectivity index (χ1n) is 6.99. The van der Waals surface area contributed by atoms with Crippen LogP contribution < -0.4 is 5.73 Å². The molecule has 110 valence electrons. The number of hydrogen-bond donors (Lipinski definition) is 1. The first-order chi connectivity index (χ1) is 9.56. The van der Waals surface area contributed by atoms with E-state index in [0.717, 1.165) is 24.2 Å². The Morgan fingerprint density at radius 1 is 1.35 bits per heavy atom. The Labute approximate surface area is 119 Å². The molecule has 0 saturated carbocycles. The molecule has 1 aromatic carbocycles. The van der Waals surface area contributed by atoms with Crippen LogP contribution in [0.5, 0.6) is 0 Å². The Kier molecular flexibility index (Phi) is 4.76. The molecule has 2 rings (SSSR count). The molecule has 20 heavy (non-hydrogen) atoms. The second-order valence-corrected chi connectivity index (χ2v) is 5.55. The molecule has 1 fully saturated rings. The van der Waals surface area contributed by atoms with Crippen molar-refractivity contribution in [3.05, 3.63) is 48.2 Å². The minimum atomic E-state index is -1.44. The summed E-state index contributed by atoms with van der Waals surface area (Å²) in [5.74, 6) is 0.00118. The van der Waals surface area contributed by atoms with Crippen LogP contribution in [0.25, 0.3) is 0 Å². The fourth-order valence-electron chi connectivity index (χ4n) is 2.56. The summed E-state index contributed by atoms with van der Waals surface area (Å²) in [4.78, 5) is 2.12. The number of alkyl halides is 2. The number of nitrogens with zero attached hydrogens (tertiary/aromatic N) is 1. The third-order valence-electron chi connectivity index (χ3n) is 4.24. The molecule has 0 aliphatic carbocycles. The largest absolute Gasteiger partial charge is 0.377 e. The minimum absolute atomic E-state index is 0.0158. The molecule has 0 bridgehead atoms. The molecule has 4 heteroatoms. The lowest BCUT2D eigenvalue weighted by Crippen LogP contribution is -2.48. The number of halogens is 2. The first kappa shape index (κ1) is 15.0. The maximum Gasteiger partial charge on any atom is 0.135 e. The summed E-state index contributed by atoms with van der Waals surface area (Å²) in [7, 11) is 0. The van der Waals surface area contributed by atoms with Gasteiger partial charge in [-0.15, -0.1) is 0 Å². The monoisotopic (exact) mass is 280 g/mol. The molecule has 0 spiro atoms. The van der Waals surface area contributed by atoms with Crippen molar-refractivity contribution in [1.82, 2.24) is 4.90 Å². The van der Waals surface area contributed by atoms with Gasteiger partial charge in [0.25, 0.3) is 0 Å². The summed E-state index contributed by atoms with van der Waals surface area (Å²) in [5, 5.41) is 0. The summed E-state index contributed by atoms with van der Waals surface area (Å²) in [6, 6.07) is 7.55. The van der Waals surface area contributed by atoms with Crippen LogP contribution in [-0.2, 0) is 0 Å². The van der Waals surface area contributed by atoms with Crippen LogP contribution >= 0.6 is 0 Å². The molecule has 1 aliphatic heterocycles. The van der Waals surface area contributed by atoms with E-state index in [-0.39, 0.29) is 6.04 Å². The molecule has 2 N–H and O–H groups in total. The van der Waals surface area contributed by atoms with Gasteiger partial charge in [0, 0.05) is 31.0 Å². The van der Waals surface area contributed by atoms with Gasteiger partial charge in [-0.05, 0) is 17.3 Å². The van der Waals surface area contributed by atoms with Crippen LogP contribution in [0.3, 0.4) is 0 Å². The van der Waals surface area contributed by atoms with Crippen molar-refractivity contribution in [3.63, 3.8) is 0 Å². The zero-order chi connectivity index (χ0) is 14.7. The van der Waals surface area contributed by atoms with E-state index in [2.05, 4.69) is 11.5 Å². The van der Waals surface area contributed by atoms with E-state index < -0.39 is 18.8 Å². The Morgan fingerprint density at radius 2 is 1.90 bits per heavy atom. The molecule has 1 aliphatic rings. The molecule has 0 radical (unpaired) electrons. The standard InChI is InChI=1S/C16H22F2N2/c1-3-20-9-14(10-20)16(19)13-6-4-12(5-7-13)11(2)15(18)8-17/h3-7,11,14-16H,1,8-10,19H2,2H3. The molecule has 1 aromatic rings. The number of hydrogen-bond acceptors (Lipinski definition) is 2. The average molecular weight is 280 g/mol. The summed E-state index contributed by atoms with van der Waals surface area (Å²) in [6.45, 7) is 6.34. The maximum absolute atomic E-state index is 13.3. The van der Waals surface area contributed by atoms with E-state index in [1.54, 1.807) is 6.92 Å². The van der Waals surface area contributed by atoms with E-state index in [4.69, 9.17) is 5.73 Å². The second kappa shape index (κ2) is 6.35. The molecule has 0 aromatic heterocycles. The Morgan fingerprint density at radius 3 is 2.40 bits per heavy atom. The minimum Gasteiger partial charge on any atom is -0.377 e. The number of benzene rings is 1. The molecule has 3 unspecified atom stereocenters. The van der Waals surface area contributed by atoms with Gasteiger partial charge in [0.2, 0.25) is 0 Å². The molecule has 0 amide bonds. The lowest BCUT2D eigenvalue weighted by molar-refractivity contribution is 0.136. The van der Waals surface area contributed by atoms with Gasteiger partial charge in [-0.1, -0.05) is 37.8 Å². The van der Waals surface area contributed by atoms with Crippen molar-refractivity contribution in [1.29, 1.82) is 0 Å². The highest BCUT2D eigenvalue weighted by Crippen LogP contribution is 2.29. The van der Waals surface area contributed by atoms with Crippen LogP contribution in [0.2, 0.25) is 0 Å². The molecule has 1 heterocycles. The van der Waals surface area contributed by atoms with Gasteiger partial charge in [0.15, 0.2) is 0 Å². The van der Waals surface area contributed by atoms with E-state index in [1.165, 1.54) is 0 Å². The third-order valence-corrected chi connectivity index (χ3v) is 4.24. The Balaban J connectivity index is 1.99. The van der Waals surface area contributed by atoms with Crippen LogP contribution in [0, 0.1) is 5.92 Å². The lowest BCUT2D eigenvalue weighted by atomic mass is 9.86. The van der Waals surface area contributed by atoms with Crippen molar-refractivity contribution in [3.8, 4) is 0 Å². The SMILES string of the molecule is C=CN1CC(C(N)c2ccc(C(C)C(F)CF)cc2)C1. The number of likely N-dealkylation sites (tertiary alicyclic amines) is 1. The first-order valence-corrected chi connectivity index (χ1v) is 6.99. The predicted octanol–water partition coefficient (Wildman–Crippen LogP) is 3.17. The lowest BCUT2D eigenvalue weighted by Gasteiger charge is -2.41. The van der Waals surface area contributed by atoms with Gasteiger partial charge in [-0.3, -0.25) is 0 Å². The quantitative estimate of drug-likeness (QED) is 0.867. The van der Waals surface area contributed by atoms with Gasteiger partial charge in [0.05, 0.1) is 0 Å². The van der Waals surface area contributed by atoms with Crippen molar-refractivity contribution in [2.24, 2.45) is 11.7 Å². The van der Waals surface area contributed by atoms with Crippen LogP contribution in [0.4, 0.5) is 8.78 Å². The second-order valence-electron chi connectivity index (χ2n) is 5.55. The zero-order valence-electron chi connectivity index (χ0n) is 11.8. The van der Waals surface area contributed by atoms with Crippen molar-refractivity contribution < 1.29 is 8.78 Å². The van der Waals surface area contributed by atoms with Gasteiger partial charge in [0.1, 0.15) is 12.8 Å². The average Bonchev–Trinajstić information content (AvgIpc) is 2.44. The highest BCUT2D eigenvalue weighted by Gasteiger charge is 2.30. The molecular weight excluding hydrogens is 258 g/mol. The maximum atomic E-state index is 13.3. The smallest absolute Gasteiger partial charge is 0.135 e. The molecule has 2 nitrogen and oxygen atoms in total. The topological polar surface area (TPSA) is 29.3 Å². The van der Waals surface area contributed by atoms with Crippen LogP contribution in [-0.4, -0.2) is 30.8 Å². The molecular formula is C16H22F2N2. The van der Waals surface area contributed by atoms with Gasteiger partial charge < -0.3 is 10.6 Å². The molecule has 1 saturated heterocycles. The van der Waals surface area contributed by atoms with Crippen LogP contribution in [0.1, 0.15) is 30.0 Å². The summed E-state index contributed by atoms with van der Waals surface area (Å²) >= 11 is 0. The highest BCUT2D eigenvalue weighted by molar-refractivity contribution is 5.28. The highest BCUT2D eigenvalue weighted by atomic mass is 19.2. The van der Waals surface area contributed by atoms with Gasteiger partial charge in [-0.25, -0.2) is 8.78 Å². The van der Waals surface area contributed by atoms with E-state index in [9.17, 15) is 8.78 Å². The van der Waals surface area contributed by atoms with Gasteiger partial charge in [-0.2, -0.15) is 0 Å². The number of rotatable bonds is 6. The Hall–Kier alpha value is -1.42. The summed E-state index contributed by atoms with van der Waals surface area (Å²) in [6.07, 6.45) is 0.383. The number of nitrogens with two attached hydrogens (primary N) is 1.